The summed E-state index contributed by atoms with van der Waals surface area (Å²) in [6.07, 6.45) is 8.49. The zero-order valence-electron chi connectivity index (χ0n) is 17.7. The maximum absolute atomic E-state index is 11.5. The van der Waals surface area contributed by atoms with Gasteiger partial charge in [0.05, 0.1) is 10.6 Å². The number of thioether (sulfide) groups is 1. The first-order chi connectivity index (χ1) is 15.0. The molecule has 0 saturated heterocycles. The highest BCUT2D eigenvalue weighted by molar-refractivity contribution is 8.17. The van der Waals surface area contributed by atoms with Crippen LogP contribution in [0.4, 0.5) is 5.95 Å². The number of nitrogens with two attached hydrogens (primary N) is 1. The first-order valence-corrected chi connectivity index (χ1v) is 11.4. The van der Waals surface area contributed by atoms with Crippen molar-refractivity contribution in [1.29, 1.82) is 0 Å². The van der Waals surface area contributed by atoms with Crippen molar-refractivity contribution in [2.24, 2.45) is 5.73 Å². The lowest BCUT2D eigenvalue weighted by Crippen LogP contribution is -2.38. The molecule has 1 aromatic carbocycles. The molecule has 4 N–H and O–H groups in total. The van der Waals surface area contributed by atoms with Crippen LogP contribution in [0.1, 0.15) is 43.9 Å². The number of amides is 1. The molecule has 0 radical (unpaired) electrons. The Morgan fingerprint density at radius 1 is 1.13 bits per heavy atom. The minimum atomic E-state index is -0.647. The molecule has 31 heavy (non-hydrogen) atoms. The van der Waals surface area contributed by atoms with Crippen molar-refractivity contribution in [1.82, 2.24) is 15.3 Å². The van der Waals surface area contributed by atoms with Gasteiger partial charge in [0.15, 0.2) is 5.12 Å². The van der Waals surface area contributed by atoms with Gasteiger partial charge in [-0.1, -0.05) is 30.3 Å². The van der Waals surface area contributed by atoms with E-state index in [4.69, 9.17) is 5.73 Å². The summed E-state index contributed by atoms with van der Waals surface area (Å²) in [5.41, 5.74) is 7.25. The van der Waals surface area contributed by atoms with Crippen molar-refractivity contribution in [2.75, 3.05) is 11.9 Å². The van der Waals surface area contributed by atoms with E-state index in [0.29, 0.717) is 23.7 Å². The van der Waals surface area contributed by atoms with E-state index < -0.39 is 5.91 Å². The van der Waals surface area contributed by atoms with E-state index in [0.717, 1.165) is 50.4 Å². The van der Waals surface area contributed by atoms with E-state index in [9.17, 15) is 9.59 Å². The first kappa shape index (κ1) is 23.0. The Labute approximate surface area is 187 Å². The summed E-state index contributed by atoms with van der Waals surface area (Å²) in [4.78, 5) is 31.8. The number of nitrogens with zero attached hydrogens (tertiary/aromatic N) is 2. The zero-order chi connectivity index (χ0) is 22.1. The second kappa shape index (κ2) is 11.6. The number of benzene rings is 1. The molecule has 1 aromatic heterocycles. The Morgan fingerprint density at radius 2 is 1.84 bits per heavy atom. The summed E-state index contributed by atoms with van der Waals surface area (Å²) < 4.78 is 0. The largest absolute Gasteiger partial charge is 0.365 e. The van der Waals surface area contributed by atoms with E-state index >= 15 is 0 Å². The van der Waals surface area contributed by atoms with Crippen LogP contribution in [0, 0.1) is 0 Å². The molecule has 0 atom stereocenters. The number of primary amides is 1. The average molecular weight is 440 g/mol. The third-order valence-corrected chi connectivity index (χ3v) is 6.03. The fourth-order valence-corrected chi connectivity index (χ4v) is 4.24. The molecular formula is C23H29N5O2S. The highest BCUT2D eigenvalue weighted by atomic mass is 32.2. The molecular weight excluding hydrogens is 410 g/mol. The monoisotopic (exact) mass is 439 g/mol. The minimum absolute atomic E-state index is 0.166. The summed E-state index contributed by atoms with van der Waals surface area (Å²) in [6, 6.07) is 13.1. The lowest BCUT2D eigenvalue weighted by Gasteiger charge is -2.29. The van der Waals surface area contributed by atoms with E-state index in [-0.39, 0.29) is 10.0 Å². The van der Waals surface area contributed by atoms with Gasteiger partial charge in [0, 0.05) is 25.2 Å². The molecule has 1 aliphatic carbocycles. The Morgan fingerprint density at radius 3 is 2.52 bits per heavy atom. The summed E-state index contributed by atoms with van der Waals surface area (Å²) in [7, 11) is 0. The van der Waals surface area contributed by atoms with Gasteiger partial charge in [-0.05, 0) is 68.1 Å². The van der Waals surface area contributed by atoms with Gasteiger partial charge in [-0.2, -0.15) is 0 Å². The van der Waals surface area contributed by atoms with Crippen LogP contribution in [0.3, 0.4) is 0 Å². The SMILES string of the molecule is CC(=O)S/C(=C\c1ccnc(NC2CCC(NCCc3ccccc3)CC2)n1)C(N)=O. The van der Waals surface area contributed by atoms with Crippen LogP contribution in [0.2, 0.25) is 0 Å². The second-order valence-corrected chi connectivity index (χ2v) is 8.87. The van der Waals surface area contributed by atoms with Crippen molar-refractivity contribution < 1.29 is 9.59 Å². The molecule has 0 bridgehead atoms. The van der Waals surface area contributed by atoms with Crippen molar-refractivity contribution in [3.8, 4) is 0 Å². The minimum Gasteiger partial charge on any atom is -0.365 e. The molecule has 0 spiro atoms. The second-order valence-electron chi connectivity index (χ2n) is 7.65. The molecule has 2 aromatic rings. The molecule has 0 aliphatic heterocycles. The number of nitrogens with one attached hydrogen (secondary N) is 2. The smallest absolute Gasteiger partial charge is 0.255 e. The molecule has 1 heterocycles. The first-order valence-electron chi connectivity index (χ1n) is 10.6. The van der Waals surface area contributed by atoms with Crippen LogP contribution in [0.25, 0.3) is 6.08 Å². The third-order valence-electron chi connectivity index (χ3n) is 5.20. The van der Waals surface area contributed by atoms with Gasteiger partial charge in [-0.15, -0.1) is 0 Å². The Balaban J connectivity index is 1.47. The lowest BCUT2D eigenvalue weighted by molar-refractivity contribution is -0.114. The molecule has 1 fully saturated rings. The summed E-state index contributed by atoms with van der Waals surface area (Å²) >= 11 is 0.809. The van der Waals surface area contributed by atoms with Crippen molar-refractivity contribution in [3.05, 3.63) is 58.8 Å². The van der Waals surface area contributed by atoms with Gasteiger partial charge >= 0.3 is 0 Å². The molecule has 0 unspecified atom stereocenters. The van der Waals surface area contributed by atoms with Crippen LogP contribution >= 0.6 is 11.8 Å². The third kappa shape index (κ3) is 7.80. The topological polar surface area (TPSA) is 110 Å². The Hall–Kier alpha value is -2.71. The Bertz CT molecular complexity index is 911. The van der Waals surface area contributed by atoms with Crippen LogP contribution in [0.15, 0.2) is 47.5 Å². The standard InChI is InChI=1S/C23H29N5O2S/c1-16(29)31-21(22(24)30)15-20-12-14-26-23(28-20)27-19-9-7-18(8-10-19)25-13-11-17-5-3-2-4-6-17/h2-6,12,14-15,18-19,25H,7-11,13H2,1H3,(H2,24,30)(H,26,27,28)/b21-15-. The number of anilines is 1. The van der Waals surface area contributed by atoms with Gasteiger partial charge in [-0.3, -0.25) is 9.59 Å². The van der Waals surface area contributed by atoms with E-state index in [1.807, 2.05) is 6.07 Å². The molecule has 164 valence electrons. The molecule has 1 saturated carbocycles. The van der Waals surface area contributed by atoms with E-state index in [1.54, 1.807) is 12.3 Å². The Kier molecular flexibility index (Phi) is 8.61. The summed E-state index contributed by atoms with van der Waals surface area (Å²) in [6.45, 7) is 2.38. The summed E-state index contributed by atoms with van der Waals surface area (Å²) in [5, 5.41) is 6.87. The number of hydrogen-bond acceptors (Lipinski definition) is 7. The number of hydrogen-bond donors (Lipinski definition) is 3. The van der Waals surface area contributed by atoms with Crippen LogP contribution in [-0.4, -0.2) is 39.6 Å². The van der Waals surface area contributed by atoms with Crippen molar-refractivity contribution in [3.63, 3.8) is 0 Å². The highest BCUT2D eigenvalue weighted by Gasteiger charge is 2.21. The molecule has 3 rings (SSSR count). The van der Waals surface area contributed by atoms with E-state index in [2.05, 4.69) is 44.9 Å². The normalized spacial score (nSPS) is 19.1. The fraction of sp³-hybridized carbons (Fsp3) is 0.391. The zero-order valence-corrected chi connectivity index (χ0v) is 18.5. The van der Waals surface area contributed by atoms with Gasteiger partial charge in [0.25, 0.3) is 5.91 Å². The van der Waals surface area contributed by atoms with Crippen molar-refractivity contribution in [2.45, 2.75) is 51.1 Å². The maximum atomic E-state index is 11.5. The quantitative estimate of drug-likeness (QED) is 0.515. The molecule has 8 heteroatoms. The fourth-order valence-electron chi connectivity index (χ4n) is 3.65. The van der Waals surface area contributed by atoms with E-state index in [1.165, 1.54) is 18.6 Å². The number of rotatable bonds is 9. The predicted octanol–water partition coefficient (Wildman–Crippen LogP) is 3.14. The molecule has 1 amide bonds. The molecule has 7 nitrogen and oxygen atoms in total. The number of aromatic nitrogens is 2. The van der Waals surface area contributed by atoms with Crippen molar-refractivity contribution >= 4 is 34.8 Å². The number of carbonyl (C=O) groups excluding carboxylic acids is 2. The highest BCUT2D eigenvalue weighted by Crippen LogP contribution is 2.22. The van der Waals surface area contributed by atoms with Crippen LogP contribution in [-0.2, 0) is 16.0 Å². The van der Waals surface area contributed by atoms with Gasteiger partial charge in [0.1, 0.15) is 0 Å². The van der Waals surface area contributed by atoms with Gasteiger partial charge in [0.2, 0.25) is 5.95 Å². The van der Waals surface area contributed by atoms with Gasteiger partial charge < -0.3 is 16.4 Å². The lowest BCUT2D eigenvalue weighted by atomic mass is 9.91. The average Bonchev–Trinajstić information content (AvgIpc) is 2.75. The molecule has 1 aliphatic rings. The van der Waals surface area contributed by atoms with Crippen LogP contribution < -0.4 is 16.4 Å². The summed E-state index contributed by atoms with van der Waals surface area (Å²) in [5.74, 6) is -0.128. The number of carbonyl (C=O) groups is 2. The maximum Gasteiger partial charge on any atom is 0.255 e. The van der Waals surface area contributed by atoms with Gasteiger partial charge in [-0.25, -0.2) is 9.97 Å². The van der Waals surface area contributed by atoms with Crippen LogP contribution in [0.5, 0.6) is 0 Å². The predicted molar refractivity (Wildman–Crippen MR) is 125 cm³/mol.